The van der Waals surface area contributed by atoms with Crippen LogP contribution in [-0.4, -0.2) is 18.0 Å². The van der Waals surface area contributed by atoms with Crippen molar-refractivity contribution in [3.8, 4) is 17.0 Å². The molecule has 1 aromatic heterocycles. The lowest BCUT2D eigenvalue weighted by Gasteiger charge is -2.10. The minimum absolute atomic E-state index is 0.231. The van der Waals surface area contributed by atoms with E-state index in [0.29, 0.717) is 16.4 Å². The van der Waals surface area contributed by atoms with Crippen LogP contribution in [0.2, 0.25) is 0 Å². The van der Waals surface area contributed by atoms with E-state index in [1.807, 2.05) is 41.8 Å². The van der Waals surface area contributed by atoms with Gasteiger partial charge in [0.15, 0.2) is 5.13 Å². The summed E-state index contributed by atoms with van der Waals surface area (Å²) in [4.78, 5) is 17.6. The van der Waals surface area contributed by atoms with Gasteiger partial charge < -0.3 is 4.74 Å². The molecule has 0 radical (unpaired) electrons. The normalized spacial score (nSPS) is 10.9. The summed E-state index contributed by atoms with van der Waals surface area (Å²) >= 11 is 1.42. The molecule has 4 aromatic rings. The number of anilines is 1. The average Bonchev–Trinajstić information content (AvgIpc) is 3.13. The van der Waals surface area contributed by atoms with Gasteiger partial charge in [0.25, 0.3) is 5.91 Å². The second kappa shape index (κ2) is 7.68. The van der Waals surface area contributed by atoms with Crippen molar-refractivity contribution in [2.45, 2.75) is 20.8 Å². The van der Waals surface area contributed by atoms with E-state index in [4.69, 9.17) is 4.74 Å². The summed E-state index contributed by atoms with van der Waals surface area (Å²) in [7, 11) is 1.57. The predicted molar refractivity (Wildman–Crippen MR) is 120 cm³/mol. The van der Waals surface area contributed by atoms with Gasteiger partial charge in [-0.2, -0.15) is 0 Å². The first-order chi connectivity index (χ1) is 14.0. The van der Waals surface area contributed by atoms with Gasteiger partial charge in [-0.1, -0.05) is 42.0 Å². The van der Waals surface area contributed by atoms with Gasteiger partial charge in [0, 0.05) is 10.9 Å². The highest BCUT2D eigenvalue weighted by Gasteiger charge is 2.17. The molecule has 0 atom stereocenters. The molecular formula is C24H22N2O2S. The number of nitrogens with one attached hydrogen (secondary N) is 1. The number of rotatable bonds is 4. The number of methoxy groups -OCH3 is 1. The Kier molecular flexibility index (Phi) is 5.07. The van der Waals surface area contributed by atoms with Gasteiger partial charge in [-0.15, -0.1) is 11.3 Å². The number of benzene rings is 3. The number of hydrogen-bond donors (Lipinski definition) is 1. The van der Waals surface area contributed by atoms with Gasteiger partial charge >= 0.3 is 0 Å². The van der Waals surface area contributed by atoms with Crippen LogP contribution in [0.3, 0.4) is 0 Å². The highest BCUT2D eigenvalue weighted by Crippen LogP contribution is 2.32. The molecule has 29 heavy (non-hydrogen) atoms. The zero-order valence-electron chi connectivity index (χ0n) is 16.9. The van der Waals surface area contributed by atoms with Crippen LogP contribution in [0.5, 0.6) is 5.75 Å². The Morgan fingerprint density at radius 2 is 1.66 bits per heavy atom. The summed E-state index contributed by atoms with van der Waals surface area (Å²) in [6.45, 7) is 6.27. The third-order valence-electron chi connectivity index (χ3n) is 4.97. The number of nitrogens with zero attached hydrogens (tertiary/aromatic N) is 1. The molecule has 0 aliphatic heterocycles. The molecule has 0 saturated heterocycles. The molecule has 1 amide bonds. The van der Waals surface area contributed by atoms with Crippen molar-refractivity contribution in [2.75, 3.05) is 12.4 Å². The summed E-state index contributed by atoms with van der Waals surface area (Å²) in [5.74, 6) is 0.314. The lowest BCUT2D eigenvalue weighted by Crippen LogP contribution is -2.13. The maximum Gasteiger partial charge on any atom is 0.261 e. The molecule has 0 aliphatic rings. The number of aryl methyl sites for hydroxylation is 3. The molecule has 0 saturated carbocycles. The van der Waals surface area contributed by atoms with E-state index >= 15 is 0 Å². The molecule has 0 aliphatic carbocycles. The molecule has 0 bridgehead atoms. The third kappa shape index (κ3) is 3.74. The second-order valence-electron chi connectivity index (χ2n) is 7.17. The van der Waals surface area contributed by atoms with Crippen LogP contribution >= 0.6 is 11.3 Å². The lowest BCUT2D eigenvalue weighted by atomic mass is 9.98. The SMILES string of the molecule is COc1cc2ccccc2cc1C(=O)Nc1nc(-c2c(C)cc(C)cc2C)cs1. The van der Waals surface area contributed by atoms with E-state index < -0.39 is 0 Å². The van der Waals surface area contributed by atoms with Crippen molar-refractivity contribution in [3.05, 3.63) is 76.2 Å². The molecule has 0 unspecified atom stereocenters. The fourth-order valence-corrected chi connectivity index (χ4v) is 4.46. The summed E-state index contributed by atoms with van der Waals surface area (Å²) in [5, 5.41) is 7.50. The lowest BCUT2D eigenvalue weighted by molar-refractivity contribution is 0.102. The number of thiazole rings is 1. The molecule has 5 heteroatoms. The first kappa shape index (κ1) is 19.2. The van der Waals surface area contributed by atoms with Crippen LogP contribution in [0, 0.1) is 20.8 Å². The number of hydrogen-bond acceptors (Lipinski definition) is 4. The monoisotopic (exact) mass is 402 g/mol. The highest BCUT2D eigenvalue weighted by atomic mass is 32.1. The van der Waals surface area contributed by atoms with Crippen LogP contribution in [0.15, 0.2) is 53.9 Å². The molecule has 146 valence electrons. The summed E-state index contributed by atoms with van der Waals surface area (Å²) in [6, 6.07) is 15.9. The van der Waals surface area contributed by atoms with E-state index in [-0.39, 0.29) is 5.91 Å². The topological polar surface area (TPSA) is 51.2 Å². The number of fused-ring (bicyclic) bond motifs is 1. The molecule has 0 spiro atoms. The van der Waals surface area contributed by atoms with Crippen molar-refractivity contribution in [2.24, 2.45) is 0 Å². The standard InChI is InChI=1S/C24H22N2O2S/c1-14-9-15(2)22(16(3)10-14)20-13-29-24(25-20)26-23(27)19-11-17-7-5-6-8-18(17)12-21(19)28-4/h5-13H,1-4H3,(H,25,26,27). The van der Waals surface area contributed by atoms with E-state index in [9.17, 15) is 4.79 Å². The molecule has 4 nitrogen and oxygen atoms in total. The Hall–Kier alpha value is -3.18. The molecule has 0 fully saturated rings. The minimum atomic E-state index is -0.231. The van der Waals surface area contributed by atoms with Crippen molar-refractivity contribution in [3.63, 3.8) is 0 Å². The van der Waals surface area contributed by atoms with Gasteiger partial charge in [-0.05, 0) is 54.8 Å². The number of amides is 1. The van der Waals surface area contributed by atoms with Gasteiger partial charge in [0.1, 0.15) is 5.75 Å². The third-order valence-corrected chi connectivity index (χ3v) is 5.73. The number of aromatic nitrogens is 1. The molecule has 3 aromatic carbocycles. The van der Waals surface area contributed by atoms with E-state index in [0.717, 1.165) is 22.0 Å². The van der Waals surface area contributed by atoms with Gasteiger partial charge in [0.2, 0.25) is 0 Å². The van der Waals surface area contributed by atoms with Gasteiger partial charge in [0.05, 0.1) is 18.4 Å². The summed E-state index contributed by atoms with van der Waals surface area (Å²) in [6.07, 6.45) is 0. The quantitative estimate of drug-likeness (QED) is 0.445. The Bertz CT molecular complexity index is 1200. The zero-order valence-corrected chi connectivity index (χ0v) is 17.7. The average molecular weight is 403 g/mol. The summed E-state index contributed by atoms with van der Waals surface area (Å²) < 4.78 is 5.45. The fraction of sp³-hybridized carbons (Fsp3) is 0.167. The maximum atomic E-state index is 12.9. The van der Waals surface area contributed by atoms with Crippen LogP contribution in [0.1, 0.15) is 27.0 Å². The molecule has 1 N–H and O–H groups in total. The predicted octanol–water partition coefficient (Wildman–Crippen LogP) is 6.15. The van der Waals surface area contributed by atoms with E-state index in [2.05, 4.69) is 43.2 Å². The van der Waals surface area contributed by atoms with Gasteiger partial charge in [-0.25, -0.2) is 4.98 Å². The van der Waals surface area contributed by atoms with Crippen LogP contribution < -0.4 is 10.1 Å². The van der Waals surface area contributed by atoms with Crippen molar-refractivity contribution in [1.29, 1.82) is 0 Å². The van der Waals surface area contributed by atoms with Crippen molar-refractivity contribution >= 4 is 33.1 Å². The number of carbonyl (C=O) groups excluding carboxylic acids is 1. The zero-order chi connectivity index (χ0) is 20.5. The first-order valence-electron chi connectivity index (χ1n) is 9.38. The fourth-order valence-electron chi connectivity index (χ4n) is 3.76. The molecule has 4 rings (SSSR count). The molecule has 1 heterocycles. The first-order valence-corrected chi connectivity index (χ1v) is 10.3. The highest BCUT2D eigenvalue weighted by molar-refractivity contribution is 7.14. The van der Waals surface area contributed by atoms with Gasteiger partial charge in [-0.3, -0.25) is 10.1 Å². The Morgan fingerprint density at radius 3 is 2.31 bits per heavy atom. The maximum absolute atomic E-state index is 12.9. The van der Waals surface area contributed by atoms with Crippen molar-refractivity contribution < 1.29 is 9.53 Å². The largest absolute Gasteiger partial charge is 0.496 e. The Labute approximate surface area is 174 Å². The van der Waals surface area contributed by atoms with Crippen LogP contribution in [0.4, 0.5) is 5.13 Å². The summed E-state index contributed by atoms with van der Waals surface area (Å²) in [5.41, 5.74) is 6.09. The number of carbonyl (C=O) groups is 1. The van der Waals surface area contributed by atoms with Crippen LogP contribution in [-0.2, 0) is 0 Å². The van der Waals surface area contributed by atoms with E-state index in [1.54, 1.807) is 7.11 Å². The Morgan fingerprint density at radius 1 is 1.00 bits per heavy atom. The van der Waals surface area contributed by atoms with Crippen molar-refractivity contribution in [1.82, 2.24) is 4.98 Å². The minimum Gasteiger partial charge on any atom is -0.496 e. The van der Waals surface area contributed by atoms with E-state index in [1.165, 1.54) is 28.0 Å². The van der Waals surface area contributed by atoms with Crippen LogP contribution in [0.25, 0.3) is 22.0 Å². The Balaban J connectivity index is 1.64. The molecular weight excluding hydrogens is 380 g/mol. The smallest absolute Gasteiger partial charge is 0.261 e. The second-order valence-corrected chi connectivity index (χ2v) is 8.02. The number of ether oxygens (including phenoxy) is 1.